The smallest absolute Gasteiger partial charge is 0.277 e. The molecule has 0 radical (unpaired) electrons. The number of nitrogens with one attached hydrogen (secondary N) is 1. The molecule has 1 N–H and O–H groups in total. The summed E-state index contributed by atoms with van der Waals surface area (Å²) in [4.78, 5) is 11.8. The Morgan fingerprint density at radius 2 is 1.96 bits per heavy atom. The van der Waals surface area contributed by atoms with Crippen LogP contribution in [0.1, 0.15) is 16.8 Å². The van der Waals surface area contributed by atoms with E-state index in [9.17, 15) is 9.18 Å². The van der Waals surface area contributed by atoms with Gasteiger partial charge in [0.15, 0.2) is 6.61 Å². The average Bonchev–Trinajstić information content (AvgIpc) is 2.95. The van der Waals surface area contributed by atoms with Crippen molar-refractivity contribution in [3.05, 3.63) is 82.4 Å². The van der Waals surface area contributed by atoms with Crippen LogP contribution in [-0.2, 0) is 11.3 Å². The third-order valence-corrected chi connectivity index (χ3v) is 4.25. The zero-order chi connectivity index (χ0) is 19.9. The molecule has 28 heavy (non-hydrogen) atoms. The average molecular weight is 401 g/mol. The fourth-order valence-electron chi connectivity index (χ4n) is 2.46. The van der Waals surface area contributed by atoms with Crippen LogP contribution in [0.2, 0.25) is 5.15 Å². The normalized spacial score (nSPS) is 11.0. The number of benzene rings is 2. The molecule has 3 aromatic rings. The van der Waals surface area contributed by atoms with Gasteiger partial charge in [0.05, 0.1) is 24.0 Å². The molecule has 0 atom stereocenters. The van der Waals surface area contributed by atoms with Gasteiger partial charge in [0.25, 0.3) is 5.91 Å². The van der Waals surface area contributed by atoms with E-state index >= 15 is 0 Å². The summed E-state index contributed by atoms with van der Waals surface area (Å²) >= 11 is 6.39. The Labute approximate surface area is 166 Å². The van der Waals surface area contributed by atoms with Gasteiger partial charge in [-0.3, -0.25) is 4.79 Å². The van der Waals surface area contributed by atoms with Crippen LogP contribution in [0.15, 0.2) is 59.7 Å². The van der Waals surface area contributed by atoms with Crippen LogP contribution < -0.4 is 10.2 Å². The van der Waals surface area contributed by atoms with Crippen LogP contribution in [0, 0.1) is 12.7 Å². The maximum absolute atomic E-state index is 12.8. The molecule has 3 rings (SSSR count). The monoisotopic (exact) mass is 400 g/mol. The number of halogens is 2. The lowest BCUT2D eigenvalue weighted by atomic mass is 10.2. The molecule has 0 saturated carbocycles. The van der Waals surface area contributed by atoms with Gasteiger partial charge < -0.3 is 4.74 Å². The van der Waals surface area contributed by atoms with E-state index in [1.165, 1.54) is 30.5 Å². The topological polar surface area (TPSA) is 68.5 Å². The van der Waals surface area contributed by atoms with Gasteiger partial charge in [0, 0.05) is 0 Å². The lowest BCUT2D eigenvalue weighted by Crippen LogP contribution is -2.24. The first-order valence-electron chi connectivity index (χ1n) is 8.50. The number of carbonyl (C=O) groups excluding carboxylic acids is 1. The van der Waals surface area contributed by atoms with Gasteiger partial charge in [-0.15, -0.1) is 0 Å². The highest BCUT2D eigenvalue weighted by Gasteiger charge is 2.12. The minimum atomic E-state index is -0.453. The summed E-state index contributed by atoms with van der Waals surface area (Å²) in [6.07, 6.45) is 1.45. The molecule has 0 saturated heterocycles. The summed E-state index contributed by atoms with van der Waals surface area (Å²) in [5.41, 5.74) is 4.75. The van der Waals surface area contributed by atoms with Crippen molar-refractivity contribution < 1.29 is 13.9 Å². The number of hydrazone groups is 1. The van der Waals surface area contributed by atoms with Crippen molar-refractivity contribution in [2.75, 3.05) is 6.61 Å². The molecule has 1 heterocycles. The van der Waals surface area contributed by atoms with Gasteiger partial charge in [-0.05, 0) is 36.8 Å². The first-order valence-corrected chi connectivity index (χ1v) is 8.88. The number of aryl methyl sites for hydroxylation is 1. The molecule has 0 spiro atoms. The van der Waals surface area contributed by atoms with Gasteiger partial charge >= 0.3 is 0 Å². The predicted molar refractivity (Wildman–Crippen MR) is 105 cm³/mol. The standard InChI is InChI=1S/C20H18ClFN4O2/c1-14-18(20(21)26(25-14)12-15-5-3-2-4-6-15)11-23-24-19(27)13-28-17-9-7-16(22)8-10-17/h2-11H,12-13H2,1H3,(H,24,27)/b23-11-. The van der Waals surface area contributed by atoms with Crippen LogP contribution in [-0.4, -0.2) is 28.5 Å². The molecule has 1 aromatic heterocycles. The fourth-order valence-corrected chi connectivity index (χ4v) is 2.74. The summed E-state index contributed by atoms with van der Waals surface area (Å²) in [5.74, 6) is -0.436. The summed E-state index contributed by atoms with van der Waals surface area (Å²) in [6.45, 7) is 2.10. The van der Waals surface area contributed by atoms with Crippen molar-refractivity contribution in [2.24, 2.45) is 5.10 Å². The molecule has 8 heteroatoms. The Balaban J connectivity index is 1.56. The third kappa shape index (κ3) is 5.17. The molecule has 144 valence electrons. The molecule has 0 aliphatic heterocycles. The molecule has 0 aliphatic carbocycles. The van der Waals surface area contributed by atoms with Gasteiger partial charge in [-0.2, -0.15) is 10.2 Å². The number of hydrogen-bond acceptors (Lipinski definition) is 4. The number of carbonyl (C=O) groups is 1. The number of amides is 1. The second kappa shape index (κ2) is 9.14. The third-order valence-electron chi connectivity index (χ3n) is 3.85. The summed E-state index contributed by atoms with van der Waals surface area (Å²) < 4.78 is 19.8. The highest BCUT2D eigenvalue weighted by molar-refractivity contribution is 6.32. The van der Waals surface area contributed by atoms with E-state index in [1.54, 1.807) is 4.68 Å². The Morgan fingerprint density at radius 3 is 2.68 bits per heavy atom. The quantitative estimate of drug-likeness (QED) is 0.487. The SMILES string of the molecule is Cc1nn(Cc2ccccc2)c(Cl)c1/C=N\NC(=O)COc1ccc(F)cc1. The van der Waals surface area contributed by atoms with E-state index in [-0.39, 0.29) is 12.4 Å². The Morgan fingerprint density at radius 1 is 1.25 bits per heavy atom. The molecule has 6 nitrogen and oxygen atoms in total. The van der Waals surface area contributed by atoms with Crippen LogP contribution in [0.5, 0.6) is 5.75 Å². The summed E-state index contributed by atoms with van der Waals surface area (Å²) in [7, 11) is 0. The van der Waals surface area contributed by atoms with E-state index in [0.717, 1.165) is 5.56 Å². The minimum Gasteiger partial charge on any atom is -0.484 e. The first-order chi connectivity index (χ1) is 13.5. The molecule has 0 fully saturated rings. The van der Waals surface area contributed by atoms with Crippen molar-refractivity contribution >= 4 is 23.7 Å². The molecule has 0 unspecified atom stereocenters. The summed E-state index contributed by atoms with van der Waals surface area (Å²) in [5, 5.41) is 8.75. The molecule has 0 aliphatic rings. The maximum Gasteiger partial charge on any atom is 0.277 e. The van der Waals surface area contributed by atoms with Crippen molar-refractivity contribution in [2.45, 2.75) is 13.5 Å². The van der Waals surface area contributed by atoms with Crippen LogP contribution in [0.4, 0.5) is 4.39 Å². The second-order valence-corrected chi connectivity index (χ2v) is 6.33. The number of hydrogen-bond donors (Lipinski definition) is 1. The number of ether oxygens (including phenoxy) is 1. The zero-order valence-electron chi connectivity index (χ0n) is 15.1. The first kappa shape index (κ1) is 19.6. The number of aromatic nitrogens is 2. The van der Waals surface area contributed by atoms with Gasteiger partial charge in [0.1, 0.15) is 16.7 Å². The number of rotatable bonds is 7. The van der Waals surface area contributed by atoms with E-state index in [4.69, 9.17) is 16.3 Å². The van der Waals surface area contributed by atoms with Crippen LogP contribution in [0.25, 0.3) is 0 Å². The zero-order valence-corrected chi connectivity index (χ0v) is 15.9. The highest BCUT2D eigenvalue weighted by Crippen LogP contribution is 2.19. The van der Waals surface area contributed by atoms with Crippen molar-refractivity contribution in [1.29, 1.82) is 0 Å². The minimum absolute atomic E-state index is 0.247. The fraction of sp³-hybridized carbons (Fsp3) is 0.150. The van der Waals surface area contributed by atoms with Crippen LogP contribution >= 0.6 is 11.6 Å². The lowest BCUT2D eigenvalue weighted by molar-refractivity contribution is -0.123. The van der Waals surface area contributed by atoms with E-state index in [0.29, 0.717) is 28.7 Å². The molecular formula is C20H18ClFN4O2. The Kier molecular flexibility index (Phi) is 6.39. The van der Waals surface area contributed by atoms with E-state index < -0.39 is 5.91 Å². The van der Waals surface area contributed by atoms with Crippen LogP contribution in [0.3, 0.4) is 0 Å². The van der Waals surface area contributed by atoms with Crippen molar-refractivity contribution in [3.63, 3.8) is 0 Å². The molecule has 2 aromatic carbocycles. The number of nitrogens with zero attached hydrogens (tertiary/aromatic N) is 3. The van der Waals surface area contributed by atoms with Gasteiger partial charge in [-0.1, -0.05) is 41.9 Å². The van der Waals surface area contributed by atoms with Crippen molar-refractivity contribution in [1.82, 2.24) is 15.2 Å². The predicted octanol–water partition coefficient (Wildman–Crippen LogP) is 3.56. The van der Waals surface area contributed by atoms with E-state index in [1.807, 2.05) is 37.3 Å². The summed E-state index contributed by atoms with van der Waals surface area (Å²) in [6, 6.07) is 15.2. The van der Waals surface area contributed by atoms with Gasteiger partial charge in [0.2, 0.25) is 0 Å². The van der Waals surface area contributed by atoms with Gasteiger partial charge in [-0.25, -0.2) is 14.5 Å². The maximum atomic E-state index is 12.8. The largest absolute Gasteiger partial charge is 0.484 e. The Bertz CT molecular complexity index is 972. The Hall–Kier alpha value is -3.19. The van der Waals surface area contributed by atoms with E-state index in [2.05, 4.69) is 15.6 Å². The molecule has 1 amide bonds. The highest BCUT2D eigenvalue weighted by atomic mass is 35.5. The molecular weight excluding hydrogens is 383 g/mol. The molecule has 0 bridgehead atoms. The van der Waals surface area contributed by atoms with Crippen molar-refractivity contribution in [3.8, 4) is 5.75 Å². The lowest BCUT2D eigenvalue weighted by Gasteiger charge is -2.04. The second-order valence-electron chi connectivity index (χ2n) is 5.97.